The number of aromatic nitrogens is 3. The van der Waals surface area contributed by atoms with Gasteiger partial charge in [0.1, 0.15) is 22.6 Å². The lowest BCUT2D eigenvalue weighted by Crippen LogP contribution is -2.20. The van der Waals surface area contributed by atoms with Gasteiger partial charge >= 0.3 is 0 Å². The molecule has 0 spiro atoms. The van der Waals surface area contributed by atoms with Crippen LogP contribution in [0.4, 0.5) is 5.69 Å². The molecule has 2 aromatic carbocycles. The van der Waals surface area contributed by atoms with Crippen molar-refractivity contribution >= 4 is 33.4 Å². The molecule has 7 nitrogen and oxygen atoms in total. The van der Waals surface area contributed by atoms with E-state index >= 15 is 0 Å². The number of benzene rings is 2. The highest BCUT2D eigenvalue weighted by molar-refractivity contribution is 7.86. The number of ketones is 1. The average Bonchev–Trinajstić information content (AvgIpc) is 2.83. The summed E-state index contributed by atoms with van der Waals surface area (Å²) in [6.07, 6.45) is 4.98. The Morgan fingerprint density at radius 1 is 1.09 bits per heavy atom. The van der Waals surface area contributed by atoms with E-state index in [0.717, 1.165) is 11.1 Å². The van der Waals surface area contributed by atoms with Crippen LogP contribution in [0, 0.1) is 6.92 Å². The van der Waals surface area contributed by atoms with E-state index in [0.29, 0.717) is 46.6 Å². The Hall–Kier alpha value is -3.65. The van der Waals surface area contributed by atoms with E-state index < -0.39 is 11.0 Å². The Morgan fingerprint density at radius 2 is 1.88 bits per heavy atom. The molecule has 0 fully saturated rings. The Balaban J connectivity index is 1.39. The zero-order chi connectivity index (χ0) is 23.4. The van der Waals surface area contributed by atoms with Crippen molar-refractivity contribution < 1.29 is 9.00 Å². The van der Waals surface area contributed by atoms with E-state index in [1.54, 1.807) is 56.7 Å². The quantitative estimate of drug-likeness (QED) is 0.434. The SMILES string of the molecule is Cc1nc2ccc(S(=O)Nc3ccc(CC(=O)CCc4cccnc4)cc3)cc2c(=O)n1C. The van der Waals surface area contributed by atoms with E-state index in [-0.39, 0.29) is 11.3 Å². The molecule has 0 saturated heterocycles. The summed E-state index contributed by atoms with van der Waals surface area (Å²) in [7, 11) is 0.113. The molecule has 0 aliphatic rings. The number of hydrogen-bond acceptors (Lipinski definition) is 5. The van der Waals surface area contributed by atoms with Crippen molar-refractivity contribution in [3.63, 3.8) is 0 Å². The van der Waals surface area contributed by atoms with E-state index in [2.05, 4.69) is 14.7 Å². The van der Waals surface area contributed by atoms with Crippen molar-refractivity contribution in [3.8, 4) is 0 Å². The summed E-state index contributed by atoms with van der Waals surface area (Å²) in [4.78, 5) is 33.8. The zero-order valence-corrected chi connectivity index (χ0v) is 19.3. The molecular weight excluding hydrogens is 436 g/mol. The smallest absolute Gasteiger partial charge is 0.261 e. The molecule has 8 heteroatoms. The Bertz CT molecular complexity index is 1380. The summed E-state index contributed by atoms with van der Waals surface area (Å²) in [5.74, 6) is 0.778. The van der Waals surface area contributed by atoms with E-state index in [9.17, 15) is 13.8 Å². The summed E-state index contributed by atoms with van der Waals surface area (Å²) < 4.78 is 17.2. The second-order valence-electron chi connectivity index (χ2n) is 7.85. The van der Waals surface area contributed by atoms with Crippen LogP contribution in [0.2, 0.25) is 0 Å². The van der Waals surface area contributed by atoms with Gasteiger partial charge in [-0.3, -0.25) is 19.1 Å². The minimum absolute atomic E-state index is 0.157. The van der Waals surface area contributed by atoms with Crippen LogP contribution in [-0.2, 0) is 35.7 Å². The second-order valence-corrected chi connectivity index (χ2v) is 9.06. The maximum Gasteiger partial charge on any atom is 0.261 e. The highest BCUT2D eigenvalue weighted by Gasteiger charge is 2.11. The molecule has 0 aliphatic heterocycles. The lowest BCUT2D eigenvalue weighted by molar-refractivity contribution is -0.118. The predicted molar refractivity (Wildman–Crippen MR) is 129 cm³/mol. The molecule has 0 bridgehead atoms. The van der Waals surface area contributed by atoms with E-state index in [1.165, 1.54) is 4.57 Å². The number of nitrogens with one attached hydrogen (secondary N) is 1. The van der Waals surface area contributed by atoms with Gasteiger partial charge in [-0.15, -0.1) is 0 Å². The van der Waals surface area contributed by atoms with Gasteiger partial charge in [0.05, 0.1) is 15.8 Å². The summed E-state index contributed by atoms with van der Waals surface area (Å²) >= 11 is 0. The summed E-state index contributed by atoms with van der Waals surface area (Å²) in [5, 5.41) is 0.427. The molecule has 1 unspecified atom stereocenters. The third kappa shape index (κ3) is 5.40. The van der Waals surface area contributed by atoms with Gasteiger partial charge < -0.3 is 4.72 Å². The molecule has 2 aromatic heterocycles. The zero-order valence-electron chi connectivity index (χ0n) is 18.4. The number of rotatable bonds is 8. The lowest BCUT2D eigenvalue weighted by atomic mass is 10.0. The maximum absolute atomic E-state index is 12.8. The van der Waals surface area contributed by atoms with Crippen molar-refractivity contribution in [1.82, 2.24) is 14.5 Å². The number of nitrogens with zero attached hydrogens (tertiary/aromatic N) is 3. The fourth-order valence-corrected chi connectivity index (χ4v) is 4.36. The van der Waals surface area contributed by atoms with Crippen LogP contribution in [0.5, 0.6) is 0 Å². The Kier molecular flexibility index (Phi) is 6.74. The van der Waals surface area contributed by atoms with Crippen LogP contribution in [0.25, 0.3) is 10.9 Å². The van der Waals surface area contributed by atoms with Crippen LogP contribution in [0.1, 0.15) is 23.4 Å². The van der Waals surface area contributed by atoms with E-state index in [4.69, 9.17) is 0 Å². The fourth-order valence-electron chi connectivity index (χ4n) is 3.48. The van der Waals surface area contributed by atoms with Crippen molar-refractivity contribution in [2.75, 3.05) is 4.72 Å². The highest BCUT2D eigenvalue weighted by Crippen LogP contribution is 2.18. The molecule has 0 saturated carbocycles. The van der Waals surface area contributed by atoms with Crippen molar-refractivity contribution in [2.24, 2.45) is 7.05 Å². The van der Waals surface area contributed by atoms with Gasteiger partial charge in [-0.05, 0) is 60.9 Å². The maximum atomic E-state index is 12.8. The standard InChI is InChI=1S/C25H24N4O3S/c1-17-27-24-12-11-22(15-23(24)25(31)29(17)2)33(32)28-20-8-5-18(6-9-20)14-21(30)10-7-19-4-3-13-26-16-19/h3-6,8-9,11-13,15-16,28H,7,10,14H2,1-2H3. The van der Waals surface area contributed by atoms with Crippen molar-refractivity contribution in [1.29, 1.82) is 0 Å². The van der Waals surface area contributed by atoms with E-state index in [1.807, 2.05) is 24.3 Å². The molecule has 1 N–H and O–H groups in total. The minimum atomic E-state index is -1.55. The van der Waals surface area contributed by atoms with Crippen LogP contribution >= 0.6 is 0 Å². The first-order valence-electron chi connectivity index (χ1n) is 10.6. The summed E-state index contributed by atoms with van der Waals surface area (Å²) in [5.41, 5.74) is 3.02. The molecule has 0 amide bonds. The monoisotopic (exact) mass is 460 g/mol. The van der Waals surface area contributed by atoms with Gasteiger partial charge in [0.25, 0.3) is 5.56 Å². The molecule has 4 aromatic rings. The lowest BCUT2D eigenvalue weighted by Gasteiger charge is -2.09. The predicted octanol–water partition coefficient (Wildman–Crippen LogP) is 3.52. The largest absolute Gasteiger partial charge is 0.301 e. The topological polar surface area (TPSA) is 94.0 Å². The second kappa shape index (κ2) is 9.87. The Labute approximate surface area is 194 Å². The first-order chi connectivity index (χ1) is 15.9. The number of pyridine rings is 1. The number of anilines is 1. The number of carbonyl (C=O) groups is 1. The van der Waals surface area contributed by atoms with Gasteiger partial charge in [-0.1, -0.05) is 18.2 Å². The molecule has 168 valence electrons. The van der Waals surface area contributed by atoms with Gasteiger partial charge in [-0.25, -0.2) is 9.19 Å². The molecule has 1 atom stereocenters. The first kappa shape index (κ1) is 22.5. The number of carbonyl (C=O) groups excluding carboxylic acids is 1. The number of hydrogen-bond donors (Lipinski definition) is 1. The number of Topliss-reactive ketones (excluding diaryl/α,β-unsaturated/α-hetero) is 1. The fraction of sp³-hybridized carbons (Fsp3) is 0.200. The number of fused-ring (bicyclic) bond motifs is 1. The molecular formula is C25H24N4O3S. The average molecular weight is 461 g/mol. The molecule has 33 heavy (non-hydrogen) atoms. The summed E-state index contributed by atoms with van der Waals surface area (Å²) in [6.45, 7) is 1.77. The third-order valence-corrected chi connectivity index (χ3v) is 6.57. The van der Waals surface area contributed by atoms with Crippen LogP contribution in [0.15, 0.2) is 76.7 Å². The van der Waals surface area contributed by atoms with Gasteiger partial charge in [0.2, 0.25) is 0 Å². The molecule has 2 heterocycles. The van der Waals surface area contributed by atoms with Gasteiger partial charge in [-0.2, -0.15) is 0 Å². The molecule has 0 radical (unpaired) electrons. The van der Waals surface area contributed by atoms with Gasteiger partial charge in [0, 0.05) is 38.0 Å². The van der Waals surface area contributed by atoms with Crippen LogP contribution in [-0.4, -0.2) is 24.5 Å². The third-order valence-electron chi connectivity index (χ3n) is 5.47. The summed E-state index contributed by atoms with van der Waals surface area (Å²) in [6, 6.07) is 16.2. The molecule has 0 aliphatic carbocycles. The van der Waals surface area contributed by atoms with Crippen LogP contribution in [0.3, 0.4) is 0 Å². The van der Waals surface area contributed by atoms with Gasteiger partial charge in [0.15, 0.2) is 0 Å². The number of aryl methyl sites for hydroxylation is 2. The van der Waals surface area contributed by atoms with Crippen molar-refractivity contribution in [3.05, 3.63) is 94.3 Å². The first-order valence-corrected chi connectivity index (χ1v) is 11.7. The normalized spacial score (nSPS) is 11.9. The van der Waals surface area contributed by atoms with Crippen LogP contribution < -0.4 is 10.3 Å². The minimum Gasteiger partial charge on any atom is -0.301 e. The Morgan fingerprint density at radius 3 is 2.61 bits per heavy atom. The highest BCUT2D eigenvalue weighted by atomic mass is 32.2. The molecule has 4 rings (SSSR count). The van der Waals surface area contributed by atoms with Crippen molar-refractivity contribution in [2.45, 2.75) is 31.1 Å².